The van der Waals surface area contributed by atoms with Crippen molar-refractivity contribution in [3.05, 3.63) is 29.8 Å². The number of hydrogen-bond acceptors (Lipinski definition) is 2. The van der Waals surface area contributed by atoms with E-state index >= 15 is 0 Å². The molecule has 3 heteroatoms. The number of benzene rings is 1. The van der Waals surface area contributed by atoms with Gasteiger partial charge in [-0.15, -0.1) is 0 Å². The maximum absolute atomic E-state index is 11.9. The molecule has 0 bridgehead atoms. The second kappa shape index (κ2) is 5.64. The molecule has 1 rings (SSSR count). The topological polar surface area (TPSA) is 38.3 Å². The smallest absolute Gasteiger partial charge is 0.225 e. The van der Waals surface area contributed by atoms with E-state index in [4.69, 9.17) is 4.74 Å². The van der Waals surface area contributed by atoms with Gasteiger partial charge in [-0.1, -0.05) is 46.8 Å². The van der Waals surface area contributed by atoms with Gasteiger partial charge in [0.05, 0.1) is 7.11 Å². The molecular weight excluding hydrogens is 238 g/mol. The predicted molar refractivity (Wildman–Crippen MR) is 78.5 cm³/mol. The molecule has 0 aliphatic heterocycles. The van der Waals surface area contributed by atoms with E-state index in [0.29, 0.717) is 6.54 Å². The van der Waals surface area contributed by atoms with Crippen molar-refractivity contribution in [3.63, 3.8) is 0 Å². The SMILES string of the molecule is COc1cccc(C(C)(C)CNC(=O)C(C)(C)C)c1. The average Bonchev–Trinajstić information content (AvgIpc) is 2.35. The van der Waals surface area contributed by atoms with Crippen molar-refractivity contribution in [3.8, 4) is 5.75 Å². The maximum Gasteiger partial charge on any atom is 0.225 e. The fourth-order valence-electron chi connectivity index (χ4n) is 1.71. The second-order valence-electron chi connectivity index (χ2n) is 6.55. The minimum Gasteiger partial charge on any atom is -0.497 e. The zero-order valence-corrected chi connectivity index (χ0v) is 12.8. The van der Waals surface area contributed by atoms with Crippen molar-refractivity contribution < 1.29 is 9.53 Å². The van der Waals surface area contributed by atoms with Crippen molar-refractivity contribution >= 4 is 5.91 Å². The molecule has 19 heavy (non-hydrogen) atoms. The first-order valence-electron chi connectivity index (χ1n) is 6.59. The van der Waals surface area contributed by atoms with Crippen LogP contribution in [0.5, 0.6) is 5.75 Å². The summed E-state index contributed by atoms with van der Waals surface area (Å²) in [4.78, 5) is 11.9. The van der Waals surface area contributed by atoms with E-state index in [0.717, 1.165) is 11.3 Å². The van der Waals surface area contributed by atoms with E-state index in [1.165, 1.54) is 0 Å². The van der Waals surface area contributed by atoms with Crippen LogP contribution in [-0.2, 0) is 10.2 Å². The summed E-state index contributed by atoms with van der Waals surface area (Å²) < 4.78 is 5.24. The third-order valence-corrected chi connectivity index (χ3v) is 3.22. The first kappa shape index (κ1) is 15.5. The summed E-state index contributed by atoms with van der Waals surface area (Å²) in [6, 6.07) is 7.98. The Kier molecular flexibility index (Phi) is 4.61. The Morgan fingerprint density at radius 1 is 1.21 bits per heavy atom. The highest BCUT2D eigenvalue weighted by molar-refractivity contribution is 5.81. The van der Waals surface area contributed by atoms with Crippen LogP contribution in [0, 0.1) is 5.41 Å². The van der Waals surface area contributed by atoms with Crippen molar-refractivity contribution in [2.75, 3.05) is 13.7 Å². The highest BCUT2D eigenvalue weighted by Gasteiger charge is 2.26. The molecule has 1 aromatic rings. The number of ether oxygens (including phenoxy) is 1. The highest BCUT2D eigenvalue weighted by Crippen LogP contribution is 2.26. The number of methoxy groups -OCH3 is 1. The minimum atomic E-state index is -0.357. The molecule has 0 aliphatic rings. The van der Waals surface area contributed by atoms with Crippen molar-refractivity contribution in [2.45, 2.75) is 40.0 Å². The molecule has 0 heterocycles. The zero-order chi connectivity index (χ0) is 14.7. The van der Waals surface area contributed by atoms with Gasteiger partial charge in [0.1, 0.15) is 5.75 Å². The lowest BCUT2D eigenvalue weighted by Gasteiger charge is -2.28. The molecular formula is C16H25NO2. The van der Waals surface area contributed by atoms with Gasteiger partial charge >= 0.3 is 0 Å². The molecule has 1 amide bonds. The van der Waals surface area contributed by atoms with Gasteiger partial charge in [-0.3, -0.25) is 4.79 Å². The molecule has 0 spiro atoms. The molecule has 0 aliphatic carbocycles. The van der Waals surface area contributed by atoms with Crippen molar-refractivity contribution in [1.82, 2.24) is 5.32 Å². The molecule has 0 radical (unpaired) electrons. The summed E-state index contributed by atoms with van der Waals surface area (Å²) in [6.45, 7) is 10.6. The summed E-state index contributed by atoms with van der Waals surface area (Å²) in [5, 5.41) is 3.02. The summed E-state index contributed by atoms with van der Waals surface area (Å²) in [5.41, 5.74) is 0.668. The van der Waals surface area contributed by atoms with Gasteiger partial charge in [0.2, 0.25) is 5.91 Å². The Morgan fingerprint density at radius 2 is 1.84 bits per heavy atom. The number of amides is 1. The molecule has 3 nitrogen and oxygen atoms in total. The van der Waals surface area contributed by atoms with Crippen LogP contribution in [0.3, 0.4) is 0 Å². The Hall–Kier alpha value is -1.51. The predicted octanol–water partition coefficient (Wildman–Crippen LogP) is 3.14. The van der Waals surface area contributed by atoms with Crippen LogP contribution in [0.25, 0.3) is 0 Å². The van der Waals surface area contributed by atoms with E-state index in [-0.39, 0.29) is 16.7 Å². The number of carbonyl (C=O) groups excluding carboxylic acids is 1. The fraction of sp³-hybridized carbons (Fsp3) is 0.562. The van der Waals surface area contributed by atoms with E-state index in [9.17, 15) is 4.79 Å². The van der Waals surface area contributed by atoms with Crippen molar-refractivity contribution in [2.24, 2.45) is 5.41 Å². The number of carbonyl (C=O) groups is 1. The van der Waals surface area contributed by atoms with E-state index in [2.05, 4.69) is 25.2 Å². The van der Waals surface area contributed by atoms with Gasteiger partial charge in [-0.05, 0) is 17.7 Å². The lowest BCUT2D eigenvalue weighted by Crippen LogP contribution is -2.41. The van der Waals surface area contributed by atoms with Crippen LogP contribution >= 0.6 is 0 Å². The Morgan fingerprint density at radius 3 is 2.37 bits per heavy atom. The summed E-state index contributed by atoms with van der Waals surface area (Å²) in [6.07, 6.45) is 0. The third kappa shape index (κ3) is 4.27. The number of rotatable bonds is 4. The first-order valence-corrected chi connectivity index (χ1v) is 6.59. The van der Waals surface area contributed by atoms with Gasteiger partial charge in [0, 0.05) is 17.4 Å². The largest absolute Gasteiger partial charge is 0.497 e. The van der Waals surface area contributed by atoms with Crippen LogP contribution < -0.4 is 10.1 Å². The monoisotopic (exact) mass is 263 g/mol. The van der Waals surface area contributed by atoms with E-state index < -0.39 is 0 Å². The Labute approximate surface area is 116 Å². The van der Waals surface area contributed by atoms with E-state index in [1.807, 2.05) is 39.0 Å². The molecule has 0 atom stereocenters. The Bertz CT molecular complexity index is 444. The van der Waals surface area contributed by atoms with E-state index in [1.54, 1.807) is 7.11 Å². The van der Waals surface area contributed by atoms with Gasteiger partial charge in [-0.2, -0.15) is 0 Å². The van der Waals surface area contributed by atoms with Crippen LogP contribution in [0.2, 0.25) is 0 Å². The molecule has 1 N–H and O–H groups in total. The standard InChI is InChI=1S/C16H25NO2/c1-15(2,3)14(18)17-11-16(4,5)12-8-7-9-13(10-12)19-6/h7-10H,11H2,1-6H3,(H,17,18). The van der Waals surface area contributed by atoms with Gasteiger partial charge < -0.3 is 10.1 Å². The lowest BCUT2D eigenvalue weighted by molar-refractivity contribution is -0.128. The number of nitrogens with one attached hydrogen (secondary N) is 1. The van der Waals surface area contributed by atoms with Crippen LogP contribution in [0.15, 0.2) is 24.3 Å². The average molecular weight is 263 g/mol. The summed E-state index contributed by atoms with van der Waals surface area (Å²) >= 11 is 0. The maximum atomic E-state index is 11.9. The van der Waals surface area contributed by atoms with Crippen LogP contribution in [-0.4, -0.2) is 19.6 Å². The molecule has 0 aromatic heterocycles. The highest BCUT2D eigenvalue weighted by atomic mass is 16.5. The minimum absolute atomic E-state index is 0.0727. The zero-order valence-electron chi connectivity index (χ0n) is 12.8. The fourth-order valence-corrected chi connectivity index (χ4v) is 1.71. The quantitative estimate of drug-likeness (QED) is 0.906. The summed E-state index contributed by atoms with van der Waals surface area (Å²) in [5.74, 6) is 0.913. The van der Waals surface area contributed by atoms with Gasteiger partial charge in [-0.25, -0.2) is 0 Å². The molecule has 0 saturated heterocycles. The second-order valence-corrected chi connectivity index (χ2v) is 6.55. The number of hydrogen-bond donors (Lipinski definition) is 1. The first-order chi connectivity index (χ1) is 8.66. The van der Waals surface area contributed by atoms with Gasteiger partial charge in [0.25, 0.3) is 0 Å². The molecule has 106 valence electrons. The molecule has 0 fully saturated rings. The third-order valence-electron chi connectivity index (χ3n) is 3.22. The van der Waals surface area contributed by atoms with Gasteiger partial charge in [0.15, 0.2) is 0 Å². The van der Waals surface area contributed by atoms with Crippen molar-refractivity contribution in [1.29, 1.82) is 0 Å². The molecule has 0 unspecified atom stereocenters. The molecule has 0 saturated carbocycles. The van der Waals surface area contributed by atoms with Crippen LogP contribution in [0.1, 0.15) is 40.2 Å². The molecule has 1 aromatic carbocycles. The lowest BCUT2D eigenvalue weighted by atomic mass is 9.84. The Balaban J connectivity index is 2.78. The summed E-state index contributed by atoms with van der Waals surface area (Å²) in [7, 11) is 1.66. The van der Waals surface area contributed by atoms with Crippen LogP contribution in [0.4, 0.5) is 0 Å². The normalized spacial score (nSPS) is 12.1.